The van der Waals surface area contributed by atoms with E-state index in [0.29, 0.717) is 36.0 Å². The number of amides is 2. The second-order valence-corrected chi connectivity index (χ2v) is 16.6. The second-order valence-electron chi connectivity index (χ2n) is 15.0. The lowest BCUT2D eigenvalue weighted by molar-refractivity contribution is 0.0635. The van der Waals surface area contributed by atoms with E-state index in [1.54, 1.807) is 57.3 Å². The van der Waals surface area contributed by atoms with Crippen LogP contribution >= 0.6 is 0 Å². The Morgan fingerprint density at radius 3 is 2.43 bits per heavy atom. The lowest BCUT2D eigenvalue weighted by atomic mass is 9.90. The van der Waals surface area contributed by atoms with Crippen molar-refractivity contribution < 1.29 is 22.7 Å². The molecule has 5 rings (SSSR count). The Bertz CT molecular complexity index is 1760. The molecule has 5 heterocycles. The highest BCUT2D eigenvalue weighted by molar-refractivity contribution is 7.90. The van der Waals surface area contributed by atoms with E-state index in [-0.39, 0.29) is 33.5 Å². The Balaban J connectivity index is 1.52. The zero-order chi connectivity index (χ0) is 34.4. The van der Waals surface area contributed by atoms with Crippen LogP contribution in [0.2, 0.25) is 0 Å². The van der Waals surface area contributed by atoms with Crippen molar-refractivity contribution >= 4 is 39.3 Å². The van der Waals surface area contributed by atoms with Crippen LogP contribution < -0.4 is 20.3 Å². The maximum absolute atomic E-state index is 13.7. The zero-order valence-electron chi connectivity index (χ0n) is 28.3. The average Bonchev–Trinajstić information content (AvgIpc) is 3.27. The topological polar surface area (TPSA) is 156 Å². The minimum atomic E-state index is -4.33. The highest BCUT2D eigenvalue weighted by Gasteiger charge is 2.41. The molecule has 13 heteroatoms. The first kappa shape index (κ1) is 34.1. The van der Waals surface area contributed by atoms with E-state index >= 15 is 0 Å². The summed E-state index contributed by atoms with van der Waals surface area (Å²) in [6, 6.07) is 11.3. The van der Waals surface area contributed by atoms with Gasteiger partial charge in [-0.15, -0.1) is 0 Å². The molecule has 47 heavy (non-hydrogen) atoms. The van der Waals surface area contributed by atoms with Gasteiger partial charge in [0, 0.05) is 23.2 Å². The lowest BCUT2D eigenvalue weighted by Crippen LogP contribution is -2.41. The van der Waals surface area contributed by atoms with Crippen molar-refractivity contribution in [1.29, 1.82) is 0 Å². The molecule has 2 aliphatic heterocycles. The Hall–Kier alpha value is -4.26. The monoisotopic (exact) mass is 663 g/mol. The standard InChI is InChI=1S/C34H45N7O5S/c1-32(2,3)26-17-14-23-29(38-26)41-20-21(18-34(41,7)8)12-15-25(24-16-13-22(19-35-24)36-31(43)46-33(4,5)6)37-27-10-9-11-28(39-27)47(44,45)40-30(23)42/h9-11,13-14,16-17,19,21,25H,12,15,18,20H2,1-8H3,(H,36,43)(H,37,39)(H,40,42)/t21-,25?/m0/s1. The number of ether oxygens (including phenoxy) is 1. The third-order valence-corrected chi connectivity index (χ3v) is 9.54. The van der Waals surface area contributed by atoms with E-state index in [9.17, 15) is 18.0 Å². The summed E-state index contributed by atoms with van der Waals surface area (Å²) in [5, 5.41) is 5.79. The van der Waals surface area contributed by atoms with Gasteiger partial charge in [0.25, 0.3) is 15.9 Å². The van der Waals surface area contributed by atoms with Crippen molar-refractivity contribution in [3.05, 3.63) is 65.6 Å². The molecule has 0 spiro atoms. The van der Waals surface area contributed by atoms with Crippen LogP contribution in [0.4, 0.5) is 22.1 Å². The predicted octanol–water partition coefficient (Wildman–Crippen LogP) is 6.19. The fraction of sp³-hybridized carbons (Fsp3) is 0.500. The molecule has 0 saturated carbocycles. The minimum absolute atomic E-state index is 0.196. The molecule has 1 unspecified atom stereocenters. The lowest BCUT2D eigenvalue weighted by Gasteiger charge is -2.34. The summed E-state index contributed by atoms with van der Waals surface area (Å²) in [6.07, 6.45) is 3.32. The molecule has 2 amide bonds. The first-order chi connectivity index (χ1) is 21.8. The van der Waals surface area contributed by atoms with Crippen LogP contribution in [0.25, 0.3) is 0 Å². The minimum Gasteiger partial charge on any atom is -0.444 e. The van der Waals surface area contributed by atoms with E-state index in [1.807, 2.05) is 6.07 Å². The molecule has 2 atom stereocenters. The molecule has 0 radical (unpaired) electrons. The third-order valence-electron chi connectivity index (χ3n) is 8.30. The van der Waals surface area contributed by atoms with Crippen LogP contribution in [-0.4, -0.2) is 53.1 Å². The summed E-state index contributed by atoms with van der Waals surface area (Å²) >= 11 is 0. The summed E-state index contributed by atoms with van der Waals surface area (Å²) in [5.74, 6) is 0.290. The van der Waals surface area contributed by atoms with Gasteiger partial charge in [0.2, 0.25) is 0 Å². The molecular formula is C34H45N7O5S. The molecule has 12 nitrogen and oxygen atoms in total. The van der Waals surface area contributed by atoms with Crippen LogP contribution in [-0.2, 0) is 20.2 Å². The van der Waals surface area contributed by atoms with E-state index in [2.05, 4.69) is 64.8 Å². The SMILES string of the molecule is CC(C)(C)OC(=O)Nc1ccc(C2CC[C@@H]3CN(c4nc(C(C)(C)C)ccc4C(=O)NS(=O)(=O)c4cccc(n4)N2)C(C)(C)C3)nc1. The van der Waals surface area contributed by atoms with Gasteiger partial charge in [-0.1, -0.05) is 26.8 Å². The van der Waals surface area contributed by atoms with Crippen molar-refractivity contribution in [2.45, 2.75) is 102 Å². The van der Waals surface area contributed by atoms with Crippen LogP contribution in [0.5, 0.6) is 0 Å². The fourth-order valence-corrected chi connectivity index (χ4v) is 6.99. The number of nitrogens with one attached hydrogen (secondary N) is 3. The summed E-state index contributed by atoms with van der Waals surface area (Å²) in [6.45, 7) is 16.4. The van der Waals surface area contributed by atoms with Gasteiger partial charge in [0.15, 0.2) is 5.03 Å². The molecular weight excluding hydrogens is 618 g/mol. The summed E-state index contributed by atoms with van der Waals surface area (Å²) < 4.78 is 34.6. The largest absolute Gasteiger partial charge is 0.444 e. The summed E-state index contributed by atoms with van der Waals surface area (Å²) in [7, 11) is -4.33. The van der Waals surface area contributed by atoms with E-state index in [1.165, 1.54) is 6.07 Å². The highest BCUT2D eigenvalue weighted by atomic mass is 32.2. The van der Waals surface area contributed by atoms with Gasteiger partial charge < -0.3 is 15.0 Å². The van der Waals surface area contributed by atoms with Gasteiger partial charge in [-0.3, -0.25) is 15.1 Å². The maximum atomic E-state index is 13.7. The van der Waals surface area contributed by atoms with Crippen molar-refractivity contribution in [3.63, 3.8) is 0 Å². The number of sulfonamides is 1. The fourth-order valence-electron chi connectivity index (χ4n) is 6.06. The molecule has 0 aromatic carbocycles. The number of pyridine rings is 3. The number of nitrogens with zero attached hydrogens (tertiary/aromatic N) is 4. The maximum Gasteiger partial charge on any atom is 0.412 e. The van der Waals surface area contributed by atoms with E-state index < -0.39 is 27.6 Å². The Morgan fingerprint density at radius 1 is 1.02 bits per heavy atom. The number of rotatable bonds is 2. The number of hydrogen-bond donors (Lipinski definition) is 3. The van der Waals surface area contributed by atoms with Crippen LogP contribution in [0.1, 0.15) is 102 Å². The summed E-state index contributed by atoms with van der Waals surface area (Å²) in [5.41, 5.74) is 0.911. The van der Waals surface area contributed by atoms with Crippen molar-refractivity contribution in [3.8, 4) is 0 Å². The number of aromatic nitrogens is 3. The Kier molecular flexibility index (Phi) is 8.99. The van der Waals surface area contributed by atoms with Crippen LogP contribution in [0.15, 0.2) is 53.7 Å². The number of fused-ring (bicyclic) bond motifs is 6. The smallest absolute Gasteiger partial charge is 0.412 e. The predicted molar refractivity (Wildman–Crippen MR) is 181 cm³/mol. The van der Waals surface area contributed by atoms with Crippen LogP contribution in [0.3, 0.4) is 0 Å². The van der Waals surface area contributed by atoms with Crippen molar-refractivity contribution in [2.24, 2.45) is 5.92 Å². The van der Waals surface area contributed by atoms with E-state index in [4.69, 9.17) is 9.72 Å². The van der Waals surface area contributed by atoms with Crippen molar-refractivity contribution in [2.75, 3.05) is 22.1 Å². The molecule has 3 N–H and O–H groups in total. The normalized spacial score (nSPS) is 20.9. The van der Waals surface area contributed by atoms with Crippen LogP contribution in [0, 0.1) is 5.92 Å². The molecule has 2 aliphatic rings. The molecule has 1 fully saturated rings. The van der Waals surface area contributed by atoms with Gasteiger partial charge in [0.1, 0.15) is 17.2 Å². The molecule has 1 saturated heterocycles. The van der Waals surface area contributed by atoms with Crippen molar-refractivity contribution in [1.82, 2.24) is 19.7 Å². The highest BCUT2D eigenvalue weighted by Crippen LogP contribution is 2.41. The van der Waals surface area contributed by atoms with Gasteiger partial charge >= 0.3 is 6.09 Å². The number of carbonyl (C=O) groups is 2. The average molecular weight is 664 g/mol. The number of carbonyl (C=O) groups excluding carboxylic acids is 2. The Labute approximate surface area is 277 Å². The van der Waals surface area contributed by atoms with Gasteiger partial charge in [-0.05, 0) is 96.2 Å². The zero-order valence-corrected chi connectivity index (χ0v) is 29.2. The first-order valence-corrected chi connectivity index (χ1v) is 17.3. The van der Waals surface area contributed by atoms with Gasteiger partial charge in [-0.2, -0.15) is 8.42 Å². The third kappa shape index (κ3) is 8.01. The number of anilines is 3. The molecule has 0 aliphatic carbocycles. The Morgan fingerprint density at radius 2 is 1.77 bits per heavy atom. The van der Waals surface area contributed by atoms with Gasteiger partial charge in [0.05, 0.1) is 29.2 Å². The molecule has 3 aromatic heterocycles. The first-order valence-electron chi connectivity index (χ1n) is 15.9. The molecule has 3 aromatic rings. The van der Waals surface area contributed by atoms with Gasteiger partial charge in [-0.25, -0.2) is 19.5 Å². The summed E-state index contributed by atoms with van der Waals surface area (Å²) in [4.78, 5) is 42.1. The molecule has 252 valence electrons. The number of hydrogen-bond acceptors (Lipinski definition) is 10. The van der Waals surface area contributed by atoms with E-state index in [0.717, 1.165) is 18.5 Å². The quantitative estimate of drug-likeness (QED) is 0.289. The second kappa shape index (κ2) is 12.4. The molecule has 4 bridgehead atoms.